The molecule has 0 atom stereocenters. The maximum Gasteiger partial charge on any atom is 0.249 e. The van der Waals surface area contributed by atoms with Crippen LogP contribution in [0.1, 0.15) is 11.3 Å². The van der Waals surface area contributed by atoms with Crippen molar-refractivity contribution in [3.8, 4) is 12.3 Å². The largest absolute Gasteiger partial charge is 0.363 e. The Balaban J connectivity index is 2.25. The second-order valence-electron chi connectivity index (χ2n) is 5.76. The molecule has 0 aliphatic carbocycles. The molecule has 126 valence electrons. The van der Waals surface area contributed by atoms with Crippen molar-refractivity contribution >= 4 is 34.7 Å². The maximum absolute atomic E-state index is 12.5. The lowest BCUT2D eigenvalue weighted by Crippen LogP contribution is -2.33. The van der Waals surface area contributed by atoms with E-state index in [9.17, 15) is 4.79 Å². The molecular weight excluding hydrogens is 336 g/mol. The summed E-state index contributed by atoms with van der Waals surface area (Å²) in [6, 6.07) is 11.1. The van der Waals surface area contributed by atoms with Crippen LogP contribution in [0, 0.1) is 12.3 Å². The van der Waals surface area contributed by atoms with Crippen molar-refractivity contribution in [3.05, 3.63) is 52.7 Å². The molecule has 1 aliphatic heterocycles. The number of benzene rings is 1. The van der Waals surface area contributed by atoms with Crippen LogP contribution in [0.3, 0.4) is 0 Å². The fraction of sp³-hybridized carbons (Fsp3) is 0.211. The van der Waals surface area contributed by atoms with Crippen LogP contribution < -0.4 is 9.80 Å². The van der Waals surface area contributed by atoms with E-state index in [2.05, 4.69) is 10.9 Å². The van der Waals surface area contributed by atoms with Crippen molar-refractivity contribution < 1.29 is 4.79 Å². The first-order valence-corrected chi connectivity index (χ1v) is 8.12. The molecule has 0 saturated carbocycles. The molecule has 3 rings (SSSR count). The smallest absolute Gasteiger partial charge is 0.249 e. The van der Waals surface area contributed by atoms with Crippen LogP contribution in [0.25, 0.3) is 0 Å². The van der Waals surface area contributed by atoms with Crippen LogP contribution in [0.5, 0.6) is 0 Å². The predicted octanol–water partition coefficient (Wildman–Crippen LogP) is 2.62. The van der Waals surface area contributed by atoms with Gasteiger partial charge in [0.1, 0.15) is 18.1 Å². The first-order chi connectivity index (χ1) is 12.0. The van der Waals surface area contributed by atoms with E-state index >= 15 is 0 Å². The molecule has 0 fully saturated rings. The number of hydrogen-bond donors (Lipinski definition) is 0. The Morgan fingerprint density at radius 3 is 2.72 bits per heavy atom. The normalized spacial score (nSPS) is 13.6. The number of pyridine rings is 1. The summed E-state index contributed by atoms with van der Waals surface area (Å²) >= 11 is 6.36. The van der Waals surface area contributed by atoms with Crippen molar-refractivity contribution in [2.45, 2.75) is 0 Å². The lowest BCUT2D eigenvalue weighted by molar-refractivity contribution is -0.117. The van der Waals surface area contributed by atoms with E-state index in [0.29, 0.717) is 22.1 Å². The fourth-order valence-corrected chi connectivity index (χ4v) is 2.88. The lowest BCUT2D eigenvalue weighted by Gasteiger charge is -2.22. The average molecular weight is 353 g/mol. The standard InChI is InChI=1S/C19H17ClN4O/c1-4-11-24-15-9-10-16(23(2)3)22-19(15)18(21-12-17(24)25)13-7-5-6-8-14(13)20/h1,5-10H,11-12H2,2-3H3. The molecule has 0 spiro atoms. The van der Waals surface area contributed by atoms with E-state index in [1.807, 2.05) is 49.3 Å². The summed E-state index contributed by atoms with van der Waals surface area (Å²) in [6.07, 6.45) is 5.45. The number of amides is 1. The van der Waals surface area contributed by atoms with E-state index in [4.69, 9.17) is 23.0 Å². The number of carbonyl (C=O) groups excluding carboxylic acids is 1. The van der Waals surface area contributed by atoms with Gasteiger partial charge in [-0.15, -0.1) is 6.42 Å². The van der Waals surface area contributed by atoms with Gasteiger partial charge in [-0.2, -0.15) is 0 Å². The van der Waals surface area contributed by atoms with Gasteiger partial charge >= 0.3 is 0 Å². The monoisotopic (exact) mass is 352 g/mol. The number of nitrogens with zero attached hydrogens (tertiary/aromatic N) is 4. The number of rotatable bonds is 3. The van der Waals surface area contributed by atoms with Gasteiger partial charge in [-0.25, -0.2) is 4.98 Å². The molecule has 2 heterocycles. The quantitative estimate of drug-likeness (QED) is 0.798. The van der Waals surface area contributed by atoms with Gasteiger partial charge in [-0.1, -0.05) is 35.7 Å². The van der Waals surface area contributed by atoms with E-state index in [0.717, 1.165) is 11.4 Å². The third kappa shape index (κ3) is 3.21. The zero-order chi connectivity index (χ0) is 18.0. The molecule has 25 heavy (non-hydrogen) atoms. The molecule has 5 nitrogen and oxygen atoms in total. The topological polar surface area (TPSA) is 48.8 Å². The molecule has 1 aliphatic rings. The third-order valence-electron chi connectivity index (χ3n) is 3.88. The molecular formula is C19H17ClN4O. The molecule has 0 unspecified atom stereocenters. The summed E-state index contributed by atoms with van der Waals surface area (Å²) in [5, 5.41) is 0.558. The van der Waals surface area contributed by atoms with Gasteiger partial charge in [0.2, 0.25) is 5.91 Å². The van der Waals surface area contributed by atoms with Crippen molar-refractivity contribution in [1.82, 2.24) is 4.98 Å². The Morgan fingerprint density at radius 1 is 1.28 bits per heavy atom. The van der Waals surface area contributed by atoms with Crippen LogP contribution in [0.15, 0.2) is 41.4 Å². The van der Waals surface area contributed by atoms with Gasteiger partial charge in [0.05, 0.1) is 23.0 Å². The van der Waals surface area contributed by atoms with Gasteiger partial charge in [-0.3, -0.25) is 14.7 Å². The Bertz CT molecular complexity index is 899. The number of aliphatic imine (C=N–C) groups is 1. The Kier molecular flexibility index (Phi) is 4.73. The van der Waals surface area contributed by atoms with Crippen LogP contribution in [-0.2, 0) is 4.79 Å². The highest BCUT2D eigenvalue weighted by Crippen LogP contribution is 2.29. The van der Waals surface area contributed by atoms with E-state index < -0.39 is 0 Å². The number of terminal acetylenes is 1. The van der Waals surface area contributed by atoms with Crippen LogP contribution in [0.4, 0.5) is 11.5 Å². The zero-order valence-corrected chi connectivity index (χ0v) is 14.8. The van der Waals surface area contributed by atoms with E-state index in [1.165, 1.54) is 4.90 Å². The van der Waals surface area contributed by atoms with Crippen molar-refractivity contribution in [2.24, 2.45) is 4.99 Å². The lowest BCUT2D eigenvalue weighted by atomic mass is 10.0. The van der Waals surface area contributed by atoms with E-state index in [1.54, 1.807) is 6.07 Å². The summed E-state index contributed by atoms with van der Waals surface area (Å²) in [5.74, 6) is 3.12. The van der Waals surface area contributed by atoms with Crippen LogP contribution in [0.2, 0.25) is 5.02 Å². The Morgan fingerprint density at radius 2 is 2.04 bits per heavy atom. The number of anilines is 2. The Hall–Kier alpha value is -2.84. The van der Waals surface area contributed by atoms with Crippen molar-refractivity contribution in [2.75, 3.05) is 37.0 Å². The molecule has 2 aromatic rings. The SMILES string of the molecule is C#CCN1C(=O)CN=C(c2ccccc2Cl)c2nc(N(C)C)ccc21. The van der Waals surface area contributed by atoms with Crippen molar-refractivity contribution in [3.63, 3.8) is 0 Å². The summed E-state index contributed by atoms with van der Waals surface area (Å²) in [7, 11) is 3.81. The minimum atomic E-state index is -0.166. The van der Waals surface area contributed by atoms with Gasteiger partial charge in [-0.05, 0) is 18.2 Å². The summed E-state index contributed by atoms with van der Waals surface area (Å²) in [5.41, 5.74) is 2.58. The summed E-state index contributed by atoms with van der Waals surface area (Å²) in [4.78, 5) is 25.1. The molecule has 0 N–H and O–H groups in total. The molecule has 1 amide bonds. The van der Waals surface area contributed by atoms with Gasteiger partial charge in [0.15, 0.2) is 0 Å². The van der Waals surface area contributed by atoms with Gasteiger partial charge < -0.3 is 4.90 Å². The van der Waals surface area contributed by atoms with Crippen molar-refractivity contribution in [1.29, 1.82) is 0 Å². The number of fused-ring (bicyclic) bond motifs is 1. The van der Waals surface area contributed by atoms with Crippen LogP contribution in [-0.4, -0.2) is 43.8 Å². The zero-order valence-electron chi connectivity index (χ0n) is 14.0. The second-order valence-corrected chi connectivity index (χ2v) is 6.17. The third-order valence-corrected chi connectivity index (χ3v) is 4.21. The summed E-state index contributed by atoms with van der Waals surface area (Å²) in [6.45, 7) is 0.163. The highest BCUT2D eigenvalue weighted by molar-refractivity contribution is 6.36. The second kappa shape index (κ2) is 6.96. The number of halogens is 1. The average Bonchev–Trinajstić information content (AvgIpc) is 2.73. The first kappa shape index (κ1) is 17.0. The summed E-state index contributed by atoms with van der Waals surface area (Å²) < 4.78 is 0. The maximum atomic E-state index is 12.5. The molecule has 1 aromatic heterocycles. The minimum Gasteiger partial charge on any atom is -0.363 e. The molecule has 0 saturated heterocycles. The Labute approximate surface area is 152 Å². The predicted molar refractivity (Wildman–Crippen MR) is 102 cm³/mol. The highest BCUT2D eigenvalue weighted by Gasteiger charge is 2.27. The number of carbonyl (C=O) groups is 1. The van der Waals surface area contributed by atoms with Gasteiger partial charge in [0, 0.05) is 19.7 Å². The number of aromatic nitrogens is 1. The molecule has 0 bridgehead atoms. The number of hydrogen-bond acceptors (Lipinski definition) is 4. The van der Waals surface area contributed by atoms with Crippen LogP contribution >= 0.6 is 11.6 Å². The molecule has 1 aromatic carbocycles. The highest BCUT2D eigenvalue weighted by atomic mass is 35.5. The van der Waals surface area contributed by atoms with Gasteiger partial charge in [0.25, 0.3) is 0 Å². The molecule has 0 radical (unpaired) electrons. The first-order valence-electron chi connectivity index (χ1n) is 7.75. The van der Waals surface area contributed by atoms with E-state index in [-0.39, 0.29) is 19.0 Å². The molecule has 6 heteroatoms. The minimum absolute atomic E-state index is 0.00407. The fourth-order valence-electron chi connectivity index (χ4n) is 2.65.